The van der Waals surface area contributed by atoms with Gasteiger partial charge in [-0.05, 0) is 37.6 Å². The zero-order valence-electron chi connectivity index (χ0n) is 12.4. The molecule has 0 aliphatic carbocycles. The van der Waals surface area contributed by atoms with Gasteiger partial charge in [-0.2, -0.15) is 0 Å². The minimum atomic E-state index is -0.318. The van der Waals surface area contributed by atoms with Crippen LogP contribution in [-0.4, -0.2) is 32.2 Å². The third kappa shape index (κ3) is 2.69. The maximum atomic E-state index is 13.4. The van der Waals surface area contributed by atoms with E-state index in [9.17, 15) is 9.18 Å². The van der Waals surface area contributed by atoms with Gasteiger partial charge in [-0.15, -0.1) is 10.2 Å². The Morgan fingerprint density at radius 2 is 2.18 bits per heavy atom. The number of hydrogen-bond donors (Lipinski definition) is 2. The first-order valence-corrected chi connectivity index (χ1v) is 6.96. The third-order valence-corrected chi connectivity index (χ3v) is 3.60. The van der Waals surface area contributed by atoms with Crippen LogP contribution in [0.3, 0.4) is 0 Å². The number of aromatic amines is 1. The van der Waals surface area contributed by atoms with Crippen molar-refractivity contribution >= 4 is 16.8 Å². The number of carbonyl (C=O) groups excluding carboxylic acids is 1. The number of fused-ring (bicyclic) bond motifs is 1. The average molecular weight is 301 g/mol. The van der Waals surface area contributed by atoms with E-state index in [0.29, 0.717) is 24.3 Å². The molecule has 0 aliphatic heterocycles. The van der Waals surface area contributed by atoms with Gasteiger partial charge in [0.15, 0.2) is 0 Å². The van der Waals surface area contributed by atoms with Gasteiger partial charge in [0.2, 0.25) is 0 Å². The number of nitrogens with zero attached hydrogens (tertiary/aromatic N) is 3. The van der Waals surface area contributed by atoms with E-state index < -0.39 is 0 Å². The van der Waals surface area contributed by atoms with Crippen LogP contribution >= 0.6 is 0 Å². The molecule has 0 aliphatic rings. The first kappa shape index (κ1) is 14.2. The van der Waals surface area contributed by atoms with Crippen LogP contribution in [0.15, 0.2) is 24.5 Å². The third-order valence-electron chi connectivity index (χ3n) is 3.60. The Balaban J connectivity index is 1.70. The van der Waals surface area contributed by atoms with Crippen LogP contribution in [0.5, 0.6) is 0 Å². The van der Waals surface area contributed by atoms with E-state index in [1.165, 1.54) is 12.1 Å². The number of nitrogens with one attached hydrogen (secondary N) is 2. The predicted octanol–water partition coefficient (Wildman–Crippen LogP) is 1.95. The molecule has 0 saturated carbocycles. The second-order valence-corrected chi connectivity index (χ2v) is 5.19. The smallest absolute Gasteiger partial charge is 0.267 e. The summed E-state index contributed by atoms with van der Waals surface area (Å²) in [6.45, 7) is 4.72. The van der Waals surface area contributed by atoms with Gasteiger partial charge in [0.25, 0.3) is 5.91 Å². The van der Waals surface area contributed by atoms with Crippen molar-refractivity contribution in [3.8, 4) is 0 Å². The van der Waals surface area contributed by atoms with E-state index in [0.717, 1.165) is 16.8 Å². The van der Waals surface area contributed by atoms with E-state index in [-0.39, 0.29) is 11.7 Å². The summed E-state index contributed by atoms with van der Waals surface area (Å²) in [5.41, 5.74) is 1.84. The number of rotatable bonds is 4. The first-order valence-electron chi connectivity index (χ1n) is 6.96. The largest absolute Gasteiger partial charge is 0.350 e. The number of aryl methyl sites for hydroxylation is 2. The number of benzene rings is 1. The molecule has 3 aromatic rings. The lowest BCUT2D eigenvalue weighted by Gasteiger charge is -2.05. The number of halogens is 1. The first-order chi connectivity index (χ1) is 10.5. The maximum absolute atomic E-state index is 13.4. The Morgan fingerprint density at radius 1 is 1.36 bits per heavy atom. The fourth-order valence-corrected chi connectivity index (χ4v) is 2.41. The Hall–Kier alpha value is -2.70. The quantitative estimate of drug-likeness (QED) is 0.773. The van der Waals surface area contributed by atoms with Gasteiger partial charge >= 0.3 is 0 Å². The lowest BCUT2D eigenvalue weighted by Crippen LogP contribution is -2.27. The zero-order chi connectivity index (χ0) is 15.7. The molecule has 0 saturated heterocycles. The van der Waals surface area contributed by atoms with E-state index >= 15 is 0 Å². The predicted molar refractivity (Wildman–Crippen MR) is 80.1 cm³/mol. The molecule has 3 rings (SSSR count). The Kier molecular flexibility index (Phi) is 3.62. The second-order valence-electron chi connectivity index (χ2n) is 5.19. The van der Waals surface area contributed by atoms with Crippen LogP contribution in [0.1, 0.15) is 21.9 Å². The van der Waals surface area contributed by atoms with Crippen molar-refractivity contribution in [2.24, 2.45) is 0 Å². The molecular weight excluding hydrogens is 285 g/mol. The summed E-state index contributed by atoms with van der Waals surface area (Å²) in [6.07, 6.45) is 1.62. The normalized spacial score (nSPS) is 11.0. The summed E-state index contributed by atoms with van der Waals surface area (Å²) in [4.78, 5) is 15.1. The van der Waals surface area contributed by atoms with E-state index in [1.54, 1.807) is 12.4 Å². The van der Waals surface area contributed by atoms with Crippen molar-refractivity contribution in [1.29, 1.82) is 0 Å². The molecule has 22 heavy (non-hydrogen) atoms. The monoisotopic (exact) mass is 301 g/mol. The molecule has 0 radical (unpaired) electrons. The van der Waals surface area contributed by atoms with Gasteiger partial charge in [0.05, 0.1) is 0 Å². The molecule has 0 atom stereocenters. The van der Waals surface area contributed by atoms with Crippen molar-refractivity contribution in [3.63, 3.8) is 0 Å². The van der Waals surface area contributed by atoms with Crippen molar-refractivity contribution in [2.75, 3.05) is 6.54 Å². The number of hydrogen-bond acceptors (Lipinski definition) is 3. The molecule has 7 heteroatoms. The fraction of sp³-hybridized carbons (Fsp3) is 0.267. The van der Waals surface area contributed by atoms with Gasteiger partial charge in [-0.25, -0.2) is 4.39 Å². The highest BCUT2D eigenvalue weighted by Crippen LogP contribution is 2.21. The molecular formula is C15H16FN5O. The van der Waals surface area contributed by atoms with Gasteiger partial charge in [-0.1, -0.05) is 0 Å². The Labute approximate surface area is 126 Å². The van der Waals surface area contributed by atoms with Crippen LogP contribution in [-0.2, 0) is 6.54 Å². The number of H-pyrrole nitrogens is 1. The number of carbonyl (C=O) groups is 1. The van der Waals surface area contributed by atoms with Crippen LogP contribution in [0.4, 0.5) is 4.39 Å². The molecule has 0 bridgehead atoms. The summed E-state index contributed by atoms with van der Waals surface area (Å²) in [7, 11) is 0. The minimum Gasteiger partial charge on any atom is -0.350 e. The van der Waals surface area contributed by atoms with Crippen molar-refractivity contribution in [3.05, 3.63) is 47.4 Å². The summed E-state index contributed by atoms with van der Waals surface area (Å²) >= 11 is 0. The number of amides is 1. The summed E-state index contributed by atoms with van der Waals surface area (Å²) < 4.78 is 15.2. The Bertz CT molecular complexity index is 836. The topological polar surface area (TPSA) is 75.6 Å². The lowest BCUT2D eigenvalue weighted by molar-refractivity contribution is 0.0948. The van der Waals surface area contributed by atoms with E-state index in [1.807, 2.05) is 18.4 Å². The van der Waals surface area contributed by atoms with Gasteiger partial charge in [0.1, 0.15) is 23.7 Å². The van der Waals surface area contributed by atoms with E-state index in [2.05, 4.69) is 20.5 Å². The van der Waals surface area contributed by atoms with Gasteiger partial charge in [0, 0.05) is 24.0 Å². The van der Waals surface area contributed by atoms with Crippen LogP contribution in [0.2, 0.25) is 0 Å². The molecule has 1 amide bonds. The van der Waals surface area contributed by atoms with Crippen LogP contribution in [0, 0.1) is 19.7 Å². The van der Waals surface area contributed by atoms with Crippen molar-refractivity contribution < 1.29 is 9.18 Å². The summed E-state index contributed by atoms with van der Waals surface area (Å²) in [5, 5.41) is 11.3. The minimum absolute atomic E-state index is 0.221. The molecule has 1 aromatic carbocycles. The second kappa shape index (κ2) is 5.59. The molecule has 2 N–H and O–H groups in total. The highest BCUT2D eigenvalue weighted by Gasteiger charge is 2.11. The maximum Gasteiger partial charge on any atom is 0.267 e. The summed E-state index contributed by atoms with van der Waals surface area (Å²) in [5.74, 6) is 0.259. The van der Waals surface area contributed by atoms with Gasteiger partial charge in [-0.3, -0.25) is 4.79 Å². The SMILES string of the molecule is Cc1cc(F)cc2[nH]c(C(=O)NCCn3cnnc3C)cc12. The molecule has 0 spiro atoms. The van der Waals surface area contributed by atoms with Crippen molar-refractivity contribution in [2.45, 2.75) is 20.4 Å². The highest BCUT2D eigenvalue weighted by molar-refractivity contribution is 5.98. The highest BCUT2D eigenvalue weighted by atomic mass is 19.1. The molecule has 6 nitrogen and oxygen atoms in total. The van der Waals surface area contributed by atoms with Crippen LogP contribution in [0.25, 0.3) is 10.9 Å². The van der Waals surface area contributed by atoms with E-state index in [4.69, 9.17) is 0 Å². The standard InChI is InChI=1S/C15H16FN5O/c1-9-5-11(16)6-13-12(9)7-14(19-13)15(22)17-3-4-21-8-18-20-10(21)2/h5-8,19H,3-4H2,1-2H3,(H,17,22). The van der Waals surface area contributed by atoms with Crippen LogP contribution < -0.4 is 5.32 Å². The molecule has 2 heterocycles. The van der Waals surface area contributed by atoms with Gasteiger partial charge < -0.3 is 14.9 Å². The van der Waals surface area contributed by atoms with Crippen molar-refractivity contribution in [1.82, 2.24) is 25.1 Å². The fourth-order valence-electron chi connectivity index (χ4n) is 2.41. The molecule has 114 valence electrons. The molecule has 2 aromatic heterocycles. The average Bonchev–Trinajstić information content (AvgIpc) is 3.05. The number of aromatic nitrogens is 4. The Morgan fingerprint density at radius 3 is 2.91 bits per heavy atom. The summed E-state index contributed by atoms with van der Waals surface area (Å²) in [6, 6.07) is 4.58. The molecule has 0 unspecified atom stereocenters. The zero-order valence-corrected chi connectivity index (χ0v) is 12.4. The molecule has 0 fully saturated rings. The lowest BCUT2D eigenvalue weighted by atomic mass is 10.1.